The third-order valence-corrected chi connectivity index (χ3v) is 5.73. The number of rotatable bonds is 6. The van der Waals surface area contributed by atoms with E-state index in [9.17, 15) is 9.59 Å². The minimum atomic E-state index is -0.468. The molecule has 10 heteroatoms. The molecule has 0 unspecified atom stereocenters. The van der Waals surface area contributed by atoms with E-state index in [1.165, 1.54) is 6.33 Å². The van der Waals surface area contributed by atoms with Gasteiger partial charge in [0.15, 0.2) is 17.2 Å². The van der Waals surface area contributed by atoms with Gasteiger partial charge >= 0.3 is 0 Å². The van der Waals surface area contributed by atoms with Gasteiger partial charge in [0.05, 0.1) is 35.7 Å². The van der Waals surface area contributed by atoms with Crippen LogP contribution in [0.5, 0.6) is 0 Å². The molecule has 0 spiro atoms. The summed E-state index contributed by atoms with van der Waals surface area (Å²) in [5, 5.41) is 5.90. The summed E-state index contributed by atoms with van der Waals surface area (Å²) in [7, 11) is 0. The lowest BCUT2D eigenvalue weighted by molar-refractivity contribution is 0.0719. The Hall–Kier alpha value is -3.95. The van der Waals surface area contributed by atoms with Crippen molar-refractivity contribution < 1.29 is 9.59 Å². The first-order chi connectivity index (χ1) is 16.2. The van der Waals surface area contributed by atoms with Crippen molar-refractivity contribution in [3.8, 4) is 0 Å². The lowest BCUT2D eigenvalue weighted by Crippen LogP contribution is -2.36. The fourth-order valence-corrected chi connectivity index (χ4v) is 3.83. The van der Waals surface area contributed by atoms with Crippen LogP contribution in [0.2, 0.25) is 0 Å². The summed E-state index contributed by atoms with van der Waals surface area (Å²) in [4.78, 5) is 49.5. The second-order valence-corrected chi connectivity index (χ2v) is 8.23. The van der Waals surface area contributed by atoms with E-state index in [4.69, 9.17) is 0 Å². The Labute approximate surface area is 190 Å². The van der Waals surface area contributed by atoms with Crippen LogP contribution in [0.1, 0.15) is 64.7 Å². The molecule has 2 fully saturated rings. The van der Waals surface area contributed by atoms with E-state index < -0.39 is 5.91 Å². The maximum atomic E-state index is 13.3. The van der Waals surface area contributed by atoms with Crippen molar-refractivity contribution in [3.05, 3.63) is 60.3 Å². The molecule has 1 aliphatic carbocycles. The highest BCUT2D eigenvalue weighted by atomic mass is 16.2. The fraction of sp³-hybridized carbons (Fsp3) is 0.348. The van der Waals surface area contributed by atoms with E-state index in [-0.39, 0.29) is 17.3 Å². The number of amides is 2. The molecular weight excluding hydrogens is 420 g/mol. The van der Waals surface area contributed by atoms with Crippen LogP contribution in [0.25, 0.3) is 0 Å². The molecule has 2 amide bonds. The highest BCUT2D eigenvalue weighted by Crippen LogP contribution is 2.39. The Bertz CT molecular complexity index is 1160. The molecule has 4 heterocycles. The molecule has 1 saturated heterocycles. The zero-order chi connectivity index (χ0) is 22.6. The quantitative estimate of drug-likeness (QED) is 0.594. The average Bonchev–Trinajstić information content (AvgIpc) is 3.71. The van der Waals surface area contributed by atoms with Gasteiger partial charge in [-0.1, -0.05) is 0 Å². The van der Waals surface area contributed by atoms with Crippen LogP contribution >= 0.6 is 0 Å². The average molecular weight is 444 g/mol. The van der Waals surface area contributed by atoms with Crippen molar-refractivity contribution >= 4 is 29.0 Å². The van der Waals surface area contributed by atoms with Gasteiger partial charge in [-0.3, -0.25) is 9.59 Å². The Kier molecular flexibility index (Phi) is 5.88. The van der Waals surface area contributed by atoms with Crippen molar-refractivity contribution in [2.45, 2.75) is 38.0 Å². The third kappa shape index (κ3) is 4.79. The number of likely N-dealkylation sites (tertiary alicyclic amines) is 1. The number of carbonyl (C=O) groups is 2. The van der Waals surface area contributed by atoms with Crippen LogP contribution in [0.4, 0.5) is 17.2 Å². The number of aromatic nitrogens is 5. The molecule has 33 heavy (non-hydrogen) atoms. The van der Waals surface area contributed by atoms with Gasteiger partial charge in [0, 0.05) is 25.2 Å². The van der Waals surface area contributed by atoms with Crippen LogP contribution in [0, 0.1) is 0 Å². The fourth-order valence-electron chi connectivity index (χ4n) is 3.83. The molecule has 1 aliphatic heterocycles. The maximum Gasteiger partial charge on any atom is 0.278 e. The van der Waals surface area contributed by atoms with Crippen molar-refractivity contribution in [3.63, 3.8) is 0 Å². The molecule has 1 saturated carbocycles. The first-order valence-corrected chi connectivity index (χ1v) is 11.1. The van der Waals surface area contributed by atoms with Crippen LogP contribution in [-0.4, -0.2) is 54.7 Å². The third-order valence-electron chi connectivity index (χ3n) is 5.73. The number of hydrogen-bond acceptors (Lipinski definition) is 8. The van der Waals surface area contributed by atoms with Gasteiger partial charge in [0.1, 0.15) is 6.33 Å². The van der Waals surface area contributed by atoms with Crippen LogP contribution in [0.15, 0.2) is 43.2 Å². The predicted molar refractivity (Wildman–Crippen MR) is 121 cm³/mol. The summed E-state index contributed by atoms with van der Waals surface area (Å²) in [5.41, 5.74) is 2.09. The summed E-state index contributed by atoms with van der Waals surface area (Å²) in [6.45, 7) is 1.40. The molecule has 2 aliphatic rings. The van der Waals surface area contributed by atoms with Gasteiger partial charge in [-0.2, -0.15) is 0 Å². The summed E-state index contributed by atoms with van der Waals surface area (Å²) in [5.74, 6) is -0.0273. The number of pyridine rings is 1. The minimum Gasteiger partial charge on any atom is -0.337 e. The van der Waals surface area contributed by atoms with E-state index >= 15 is 0 Å². The maximum absolute atomic E-state index is 13.3. The van der Waals surface area contributed by atoms with Crippen molar-refractivity contribution in [1.29, 1.82) is 0 Å². The van der Waals surface area contributed by atoms with E-state index in [0.717, 1.165) is 37.8 Å². The minimum absolute atomic E-state index is 0.142. The van der Waals surface area contributed by atoms with E-state index in [0.29, 0.717) is 36.2 Å². The molecule has 0 atom stereocenters. The molecule has 3 aromatic rings. The summed E-state index contributed by atoms with van der Waals surface area (Å²) in [6, 6.07) is 3.37. The largest absolute Gasteiger partial charge is 0.337 e. The predicted octanol–water partition coefficient (Wildman–Crippen LogP) is 3.16. The van der Waals surface area contributed by atoms with E-state index in [1.807, 2.05) is 0 Å². The Morgan fingerprint density at radius 3 is 2.52 bits per heavy atom. The smallest absolute Gasteiger partial charge is 0.278 e. The highest BCUT2D eigenvalue weighted by molar-refractivity contribution is 6.09. The molecule has 0 radical (unpaired) electrons. The van der Waals surface area contributed by atoms with Crippen LogP contribution in [-0.2, 0) is 0 Å². The number of hydrogen-bond donors (Lipinski definition) is 2. The zero-order valence-electron chi connectivity index (χ0n) is 18.1. The van der Waals surface area contributed by atoms with Crippen molar-refractivity contribution in [2.24, 2.45) is 0 Å². The van der Waals surface area contributed by atoms with Crippen molar-refractivity contribution in [1.82, 2.24) is 29.8 Å². The lowest BCUT2D eigenvalue weighted by atomic mass is 10.1. The Balaban J connectivity index is 1.43. The molecule has 2 N–H and O–H groups in total. The molecule has 0 bridgehead atoms. The SMILES string of the molecule is O=C(Nc1cccnc1C(=O)N1CCCCC1)c1nc(C2CC2)cnc1Nc1cncnc1. The Morgan fingerprint density at radius 2 is 1.76 bits per heavy atom. The lowest BCUT2D eigenvalue weighted by Gasteiger charge is -2.27. The number of piperidine rings is 1. The summed E-state index contributed by atoms with van der Waals surface area (Å²) >= 11 is 0. The van der Waals surface area contributed by atoms with Crippen LogP contribution < -0.4 is 10.6 Å². The van der Waals surface area contributed by atoms with Gasteiger partial charge in [-0.25, -0.2) is 24.9 Å². The normalized spacial score (nSPS) is 15.7. The number of nitrogens with zero attached hydrogens (tertiary/aromatic N) is 6. The number of carbonyl (C=O) groups excluding carboxylic acids is 2. The monoisotopic (exact) mass is 444 g/mol. The highest BCUT2D eigenvalue weighted by Gasteiger charge is 2.28. The van der Waals surface area contributed by atoms with Gasteiger partial charge in [-0.05, 0) is 44.2 Å². The zero-order valence-corrected chi connectivity index (χ0v) is 18.1. The molecular formula is C23H24N8O2. The Morgan fingerprint density at radius 1 is 0.970 bits per heavy atom. The summed E-state index contributed by atoms with van der Waals surface area (Å²) in [6.07, 6.45) is 13.0. The molecule has 3 aromatic heterocycles. The molecule has 168 valence electrons. The second kappa shape index (κ2) is 9.27. The first-order valence-electron chi connectivity index (χ1n) is 11.1. The van der Waals surface area contributed by atoms with Gasteiger partial charge in [-0.15, -0.1) is 0 Å². The topological polar surface area (TPSA) is 126 Å². The van der Waals surface area contributed by atoms with Crippen LogP contribution in [0.3, 0.4) is 0 Å². The van der Waals surface area contributed by atoms with Crippen molar-refractivity contribution in [2.75, 3.05) is 23.7 Å². The summed E-state index contributed by atoms with van der Waals surface area (Å²) < 4.78 is 0. The molecule has 0 aromatic carbocycles. The van der Waals surface area contributed by atoms with E-state index in [1.54, 1.807) is 41.8 Å². The van der Waals surface area contributed by atoms with E-state index in [2.05, 4.69) is 35.6 Å². The van der Waals surface area contributed by atoms with Gasteiger partial charge in [0.25, 0.3) is 11.8 Å². The molecule has 5 rings (SSSR count). The second-order valence-electron chi connectivity index (χ2n) is 8.23. The first kappa shape index (κ1) is 20.9. The number of nitrogens with one attached hydrogen (secondary N) is 2. The van der Waals surface area contributed by atoms with Gasteiger partial charge in [0.2, 0.25) is 0 Å². The molecule has 10 nitrogen and oxygen atoms in total. The standard InChI is InChI=1S/C23H24N8O2/c32-22(30-17-5-4-8-26-19(17)23(33)31-9-2-1-3-10-31)20-21(28-16-11-24-14-25-12-16)27-13-18(29-20)15-6-7-15/h4-5,8,11-15H,1-3,6-7,9-10H2,(H,27,28)(H,30,32). The number of anilines is 3. The van der Waals surface area contributed by atoms with Gasteiger partial charge < -0.3 is 15.5 Å².